The quantitative estimate of drug-likeness (QED) is 0.165. The molecule has 1 heterocycles. The van der Waals surface area contributed by atoms with Crippen molar-refractivity contribution in [2.45, 2.75) is 37.3 Å². The number of methoxy groups -OCH3 is 1. The lowest BCUT2D eigenvalue weighted by atomic mass is 9.94. The van der Waals surface area contributed by atoms with Gasteiger partial charge < -0.3 is 9.64 Å². The first-order chi connectivity index (χ1) is 19.0. The molecule has 2 aromatic carbocycles. The number of pyridine rings is 1. The topological polar surface area (TPSA) is 59.5 Å². The first kappa shape index (κ1) is 32.5. The zero-order chi connectivity index (χ0) is 30.8. The number of halogens is 9. The molecule has 1 amide bonds. The molecule has 0 fully saturated rings. The summed E-state index contributed by atoms with van der Waals surface area (Å²) in [5.41, 5.74) is -6.37. The van der Waals surface area contributed by atoms with Crippen LogP contribution < -0.4 is 9.64 Å². The summed E-state index contributed by atoms with van der Waals surface area (Å²) in [4.78, 5) is 30.7. The minimum absolute atomic E-state index is 0.0428. The number of aryl methyl sites for hydroxylation is 1. The molecule has 41 heavy (non-hydrogen) atoms. The third-order valence-electron chi connectivity index (χ3n) is 6.22. The summed E-state index contributed by atoms with van der Waals surface area (Å²) in [6.07, 6.45) is -8.59. The molecule has 0 aliphatic rings. The van der Waals surface area contributed by atoms with Crippen molar-refractivity contribution in [2.75, 3.05) is 19.1 Å². The van der Waals surface area contributed by atoms with E-state index in [1.165, 1.54) is 32.6 Å². The second kappa shape index (κ2) is 12.5. The Morgan fingerprint density at radius 3 is 2.00 bits per heavy atom. The summed E-state index contributed by atoms with van der Waals surface area (Å²) in [5.74, 6) is -0.629. The number of hydrogen-bond acceptors (Lipinski definition) is 4. The van der Waals surface area contributed by atoms with Crippen LogP contribution in [-0.4, -0.2) is 43.2 Å². The van der Waals surface area contributed by atoms with Gasteiger partial charge in [-0.1, -0.05) is 12.1 Å². The van der Waals surface area contributed by atoms with Crippen LogP contribution in [0.3, 0.4) is 0 Å². The second-order valence-corrected chi connectivity index (χ2v) is 10.5. The molecule has 0 spiro atoms. The van der Waals surface area contributed by atoms with Gasteiger partial charge in [-0.15, -0.1) is 0 Å². The molecule has 220 valence electrons. The molecule has 0 bridgehead atoms. The molecule has 0 aliphatic carbocycles. The third-order valence-corrected chi connectivity index (χ3v) is 7.43. The molecule has 0 atom stereocenters. The zero-order valence-corrected chi connectivity index (χ0v) is 24.5. The minimum Gasteiger partial charge on any atom is -0.496 e. The van der Waals surface area contributed by atoms with E-state index in [1.807, 2.05) is 0 Å². The molecule has 1 aromatic heterocycles. The minimum atomic E-state index is -6.30. The van der Waals surface area contributed by atoms with Gasteiger partial charge in [-0.3, -0.25) is 14.6 Å². The number of ether oxygens (including phenoxy) is 1. The molecule has 14 heteroatoms. The molecule has 0 aliphatic heterocycles. The summed E-state index contributed by atoms with van der Waals surface area (Å²) >= 11 is 5.78. The summed E-state index contributed by atoms with van der Waals surface area (Å²) in [6, 6.07) is 8.56. The molecule has 0 radical (unpaired) electrons. The van der Waals surface area contributed by atoms with E-state index in [9.17, 15) is 40.3 Å². The number of ketones is 1. The molecule has 0 unspecified atom stereocenters. The van der Waals surface area contributed by atoms with Gasteiger partial charge >= 0.3 is 18.0 Å². The van der Waals surface area contributed by atoms with E-state index < -0.39 is 38.4 Å². The summed E-state index contributed by atoms with van der Waals surface area (Å²) < 4.78 is 98.9. The highest BCUT2D eigenvalue weighted by atomic mass is 79.9. The maximum atomic E-state index is 14.6. The van der Waals surface area contributed by atoms with Crippen LogP contribution in [-0.2, 0) is 12.1 Å². The molecule has 5 nitrogen and oxygen atoms in total. The van der Waals surface area contributed by atoms with Gasteiger partial charge in [0.25, 0.3) is 5.91 Å². The monoisotopic (exact) mass is 712 g/mol. The van der Waals surface area contributed by atoms with Crippen molar-refractivity contribution in [3.05, 3.63) is 86.1 Å². The first-order valence-electron chi connectivity index (χ1n) is 11.7. The van der Waals surface area contributed by atoms with Crippen LogP contribution in [0.2, 0.25) is 0 Å². The summed E-state index contributed by atoms with van der Waals surface area (Å²) in [6.45, 7) is 0. The van der Waals surface area contributed by atoms with Gasteiger partial charge in [0.05, 0.1) is 18.4 Å². The molecule has 0 saturated heterocycles. The predicted octanol–water partition coefficient (Wildman–Crippen LogP) is 8.39. The van der Waals surface area contributed by atoms with Crippen LogP contribution in [0, 0.1) is 0 Å². The van der Waals surface area contributed by atoms with Gasteiger partial charge in [0.2, 0.25) is 0 Å². The Kier molecular flexibility index (Phi) is 9.89. The number of carbonyl (C=O) groups excluding carboxylic acids is 2. The number of aromatic nitrogens is 1. The number of hydrogen-bond donors (Lipinski definition) is 0. The normalized spacial score (nSPS) is 12.3. The molecular weight excluding hydrogens is 693 g/mol. The lowest BCUT2D eigenvalue weighted by Crippen LogP contribution is -2.50. The number of anilines is 1. The fraction of sp³-hybridized carbons (Fsp3) is 0.296. The maximum Gasteiger partial charge on any atom is 0.435 e. The van der Waals surface area contributed by atoms with Gasteiger partial charge in [0, 0.05) is 45.9 Å². The Hall–Kier alpha value is -3.00. The molecule has 0 N–H and O–H groups in total. The van der Waals surface area contributed by atoms with Crippen LogP contribution in [0.25, 0.3) is 0 Å². The highest BCUT2D eigenvalue weighted by molar-refractivity contribution is 9.11. The van der Waals surface area contributed by atoms with E-state index in [0.29, 0.717) is 36.1 Å². The third kappa shape index (κ3) is 6.58. The average Bonchev–Trinajstić information content (AvgIpc) is 2.90. The average molecular weight is 714 g/mol. The smallest absolute Gasteiger partial charge is 0.435 e. The highest BCUT2D eigenvalue weighted by Gasteiger charge is 2.73. The molecule has 3 rings (SSSR count). The number of nitrogens with zero attached hydrogens (tertiary/aromatic N) is 2. The molecular formula is C27H21Br2F7N2O3. The number of rotatable bonds is 9. The van der Waals surface area contributed by atoms with Gasteiger partial charge in [0.1, 0.15) is 5.75 Å². The number of benzene rings is 2. The summed E-state index contributed by atoms with van der Waals surface area (Å²) in [7, 11) is 2.57. The largest absolute Gasteiger partial charge is 0.496 e. The number of carbonyl (C=O) groups is 2. The molecule has 3 aromatic rings. The molecule has 0 saturated carbocycles. The first-order valence-corrected chi connectivity index (χ1v) is 13.3. The standard InChI is InChI=1S/C27H21Br2F7N2O3/c1-38(22-19(28)13-17(14-20(22)29)25(30,26(31,32)33)27(34,35)36)24(40)18-7-3-5-16(23(18)41-2)6-4-8-21(39)15-9-11-37-12-10-15/h3,5,7,9-14H,4,6,8H2,1-2H3. The van der Waals surface area contributed by atoms with Crippen LogP contribution in [0.1, 0.15) is 44.7 Å². The van der Waals surface area contributed by atoms with Crippen molar-refractivity contribution in [2.24, 2.45) is 0 Å². The van der Waals surface area contributed by atoms with Crippen molar-refractivity contribution in [3.63, 3.8) is 0 Å². The second-order valence-electron chi connectivity index (χ2n) is 8.82. The zero-order valence-electron chi connectivity index (χ0n) is 21.3. The van der Waals surface area contributed by atoms with Gasteiger partial charge in [-0.05, 0) is 80.6 Å². The van der Waals surface area contributed by atoms with E-state index in [1.54, 1.807) is 24.3 Å². The Labute approximate surface area is 247 Å². The van der Waals surface area contributed by atoms with E-state index in [0.717, 1.165) is 4.90 Å². The number of alkyl halides is 7. The predicted molar refractivity (Wildman–Crippen MR) is 144 cm³/mol. The van der Waals surface area contributed by atoms with Gasteiger partial charge in [0.15, 0.2) is 5.78 Å². The summed E-state index contributed by atoms with van der Waals surface area (Å²) in [5, 5.41) is 0. The Balaban J connectivity index is 1.90. The lowest BCUT2D eigenvalue weighted by molar-refractivity contribution is -0.348. The van der Waals surface area contributed by atoms with Gasteiger partial charge in [-0.25, -0.2) is 4.39 Å². The van der Waals surface area contributed by atoms with Crippen LogP contribution in [0.15, 0.2) is 63.8 Å². The highest BCUT2D eigenvalue weighted by Crippen LogP contribution is 2.54. The number of para-hydroxylation sites is 1. The van der Waals surface area contributed by atoms with Crippen LogP contribution in [0.4, 0.5) is 36.4 Å². The SMILES string of the molecule is COc1c(CCCC(=O)c2ccncc2)cccc1C(=O)N(C)c1c(Br)cc(C(F)(C(F)(F)F)C(F)(F)F)cc1Br. The lowest BCUT2D eigenvalue weighted by Gasteiger charge is -2.31. The van der Waals surface area contributed by atoms with Crippen molar-refractivity contribution >= 4 is 49.2 Å². The van der Waals surface area contributed by atoms with E-state index in [4.69, 9.17) is 4.74 Å². The van der Waals surface area contributed by atoms with E-state index in [-0.39, 0.29) is 29.2 Å². The van der Waals surface area contributed by atoms with Crippen LogP contribution in [0.5, 0.6) is 5.75 Å². The Bertz CT molecular complexity index is 1390. The van der Waals surface area contributed by atoms with Crippen molar-refractivity contribution in [1.29, 1.82) is 0 Å². The fourth-order valence-electron chi connectivity index (χ4n) is 4.17. The van der Waals surface area contributed by atoms with E-state index in [2.05, 4.69) is 36.8 Å². The Morgan fingerprint density at radius 2 is 1.49 bits per heavy atom. The van der Waals surface area contributed by atoms with Crippen molar-refractivity contribution in [1.82, 2.24) is 4.98 Å². The van der Waals surface area contributed by atoms with Crippen LogP contribution >= 0.6 is 31.9 Å². The van der Waals surface area contributed by atoms with E-state index >= 15 is 0 Å². The Morgan fingerprint density at radius 1 is 0.927 bits per heavy atom. The maximum absolute atomic E-state index is 14.6. The van der Waals surface area contributed by atoms with Crippen molar-refractivity contribution < 1.29 is 45.1 Å². The number of Topliss-reactive ketones (excluding diaryl/α,β-unsaturated/α-hetero) is 1. The number of amides is 1. The van der Waals surface area contributed by atoms with Gasteiger partial charge in [-0.2, -0.15) is 26.3 Å². The fourth-order valence-corrected chi connectivity index (χ4v) is 5.89. The van der Waals surface area contributed by atoms with Crippen molar-refractivity contribution in [3.8, 4) is 5.75 Å².